The molecule has 4 heteroatoms. The van der Waals surface area contributed by atoms with Gasteiger partial charge in [0.15, 0.2) is 9.84 Å². The third-order valence-corrected chi connectivity index (χ3v) is 5.04. The lowest BCUT2D eigenvalue weighted by Gasteiger charge is -2.07. The van der Waals surface area contributed by atoms with Crippen molar-refractivity contribution < 1.29 is 13.2 Å². The van der Waals surface area contributed by atoms with Gasteiger partial charge in [0.05, 0.1) is 16.2 Å². The number of benzene rings is 1. The van der Waals surface area contributed by atoms with Crippen LogP contribution in [0, 0.1) is 0 Å². The summed E-state index contributed by atoms with van der Waals surface area (Å²) in [6.07, 6.45) is 0.406. The Balaban J connectivity index is 2.26. The van der Waals surface area contributed by atoms with Crippen LogP contribution in [0.15, 0.2) is 29.2 Å². The van der Waals surface area contributed by atoms with Gasteiger partial charge in [-0.25, -0.2) is 8.42 Å². The summed E-state index contributed by atoms with van der Waals surface area (Å²) in [7, 11) is -3.15. The molecule has 0 amide bonds. The molecule has 1 fully saturated rings. The molecule has 0 radical (unpaired) electrons. The minimum Gasteiger partial charge on any atom is -0.365 e. The van der Waals surface area contributed by atoms with Gasteiger partial charge in [-0.15, -0.1) is 0 Å². The van der Waals surface area contributed by atoms with Gasteiger partial charge in [0.25, 0.3) is 0 Å². The highest BCUT2D eigenvalue weighted by Crippen LogP contribution is 2.38. The lowest BCUT2D eigenvalue weighted by Crippen LogP contribution is -2.13. The Hall–Kier alpha value is -0.870. The lowest BCUT2D eigenvalue weighted by atomic mass is 10.1. The smallest absolute Gasteiger partial charge is 0.180 e. The third-order valence-electron chi connectivity index (χ3n) is 2.87. The first-order valence-corrected chi connectivity index (χ1v) is 6.97. The van der Waals surface area contributed by atoms with Gasteiger partial charge in [-0.05, 0) is 38.5 Å². The molecule has 1 aromatic carbocycles. The Morgan fingerprint density at radius 1 is 1.19 bits per heavy atom. The zero-order valence-corrected chi connectivity index (χ0v) is 10.5. The highest BCUT2D eigenvalue weighted by Gasteiger charge is 2.35. The molecule has 0 N–H and O–H groups in total. The van der Waals surface area contributed by atoms with E-state index in [9.17, 15) is 8.42 Å². The first kappa shape index (κ1) is 11.6. The molecular weight excluding hydrogens is 224 g/mol. The Bertz CT molecular complexity index is 473. The van der Waals surface area contributed by atoms with E-state index in [0.29, 0.717) is 4.90 Å². The maximum atomic E-state index is 11.9. The number of ether oxygens (including phenoxy) is 1. The van der Waals surface area contributed by atoms with Crippen LogP contribution in [-0.4, -0.2) is 19.8 Å². The fourth-order valence-electron chi connectivity index (χ4n) is 1.65. The molecule has 1 aromatic rings. The van der Waals surface area contributed by atoms with E-state index in [1.54, 1.807) is 26.0 Å². The summed E-state index contributed by atoms with van der Waals surface area (Å²) in [5.74, 6) is 0. The van der Waals surface area contributed by atoms with Gasteiger partial charge >= 0.3 is 0 Å². The molecular formula is C12H16O3S. The van der Waals surface area contributed by atoms with E-state index in [2.05, 4.69) is 0 Å². The van der Waals surface area contributed by atoms with Gasteiger partial charge < -0.3 is 4.74 Å². The molecule has 2 rings (SSSR count). The Kier molecular flexibility index (Phi) is 2.80. The molecule has 16 heavy (non-hydrogen) atoms. The van der Waals surface area contributed by atoms with E-state index in [1.807, 2.05) is 19.1 Å². The van der Waals surface area contributed by atoms with Gasteiger partial charge in [0.2, 0.25) is 0 Å². The molecule has 88 valence electrons. The predicted molar refractivity (Wildman–Crippen MR) is 62.1 cm³/mol. The second-order valence-electron chi connectivity index (χ2n) is 4.42. The second kappa shape index (κ2) is 3.86. The van der Waals surface area contributed by atoms with Crippen LogP contribution in [0.3, 0.4) is 0 Å². The summed E-state index contributed by atoms with van der Waals surface area (Å²) in [6.45, 7) is 5.38. The van der Waals surface area contributed by atoms with Gasteiger partial charge in [-0.1, -0.05) is 12.1 Å². The van der Waals surface area contributed by atoms with E-state index in [0.717, 1.165) is 5.56 Å². The SMILES string of the molecule is CC1OC1c1ccc(S(=O)(=O)C(C)C)cc1. The topological polar surface area (TPSA) is 46.7 Å². The molecule has 3 nitrogen and oxygen atoms in total. The molecule has 2 unspecified atom stereocenters. The summed E-state index contributed by atoms with van der Waals surface area (Å²) in [5.41, 5.74) is 1.05. The molecule has 0 saturated carbocycles. The van der Waals surface area contributed by atoms with Crippen LogP contribution in [0.5, 0.6) is 0 Å². The van der Waals surface area contributed by atoms with Crippen molar-refractivity contribution in [1.82, 2.24) is 0 Å². The van der Waals surface area contributed by atoms with E-state index < -0.39 is 9.84 Å². The first-order chi connectivity index (χ1) is 7.43. The van der Waals surface area contributed by atoms with Gasteiger partial charge in [-0.3, -0.25) is 0 Å². The van der Waals surface area contributed by atoms with Crippen LogP contribution in [-0.2, 0) is 14.6 Å². The minimum absolute atomic E-state index is 0.149. The maximum Gasteiger partial charge on any atom is 0.180 e. The van der Waals surface area contributed by atoms with E-state index in [4.69, 9.17) is 4.74 Å². The number of hydrogen-bond donors (Lipinski definition) is 0. The highest BCUT2D eigenvalue weighted by atomic mass is 32.2. The van der Waals surface area contributed by atoms with E-state index in [-0.39, 0.29) is 17.5 Å². The molecule has 1 aliphatic heterocycles. The van der Waals surface area contributed by atoms with Crippen LogP contribution in [0.1, 0.15) is 32.4 Å². The zero-order chi connectivity index (χ0) is 11.9. The second-order valence-corrected chi connectivity index (χ2v) is 6.93. The first-order valence-electron chi connectivity index (χ1n) is 5.42. The molecule has 2 atom stereocenters. The lowest BCUT2D eigenvalue weighted by molar-refractivity contribution is 0.383. The van der Waals surface area contributed by atoms with Gasteiger partial charge in [0.1, 0.15) is 6.10 Å². The van der Waals surface area contributed by atoms with Crippen LogP contribution in [0.25, 0.3) is 0 Å². The summed E-state index contributed by atoms with van der Waals surface area (Å²) >= 11 is 0. The van der Waals surface area contributed by atoms with Crippen molar-refractivity contribution in [3.8, 4) is 0 Å². The van der Waals surface area contributed by atoms with E-state index >= 15 is 0 Å². The summed E-state index contributed by atoms with van der Waals surface area (Å²) in [6, 6.07) is 7.00. The largest absolute Gasteiger partial charge is 0.365 e. The Morgan fingerprint density at radius 2 is 1.69 bits per heavy atom. The number of hydrogen-bond acceptors (Lipinski definition) is 3. The molecule has 1 heterocycles. The van der Waals surface area contributed by atoms with Gasteiger partial charge in [0, 0.05) is 0 Å². The Morgan fingerprint density at radius 3 is 2.06 bits per heavy atom. The molecule has 1 aliphatic rings. The van der Waals surface area contributed by atoms with Crippen molar-refractivity contribution in [2.24, 2.45) is 0 Å². The monoisotopic (exact) mass is 240 g/mol. The molecule has 0 bridgehead atoms. The number of epoxide rings is 1. The fourth-order valence-corrected chi connectivity index (χ4v) is 2.71. The molecule has 0 aromatic heterocycles. The minimum atomic E-state index is -3.15. The predicted octanol–water partition coefficient (Wildman–Crippen LogP) is 2.33. The fraction of sp³-hybridized carbons (Fsp3) is 0.500. The van der Waals surface area contributed by atoms with Crippen LogP contribution < -0.4 is 0 Å². The standard InChI is InChI=1S/C12H16O3S/c1-8(2)16(13,14)11-6-4-10(5-7-11)12-9(3)15-12/h4-9,12H,1-3H3. The van der Waals surface area contributed by atoms with Gasteiger partial charge in [-0.2, -0.15) is 0 Å². The average Bonchev–Trinajstić information content (AvgIpc) is 2.95. The van der Waals surface area contributed by atoms with Crippen molar-refractivity contribution in [3.63, 3.8) is 0 Å². The average molecular weight is 240 g/mol. The number of sulfone groups is 1. The van der Waals surface area contributed by atoms with Crippen LogP contribution in [0.4, 0.5) is 0 Å². The summed E-state index contributed by atoms with van der Waals surface area (Å²) < 4.78 is 29.0. The summed E-state index contributed by atoms with van der Waals surface area (Å²) in [5, 5.41) is -0.380. The van der Waals surface area contributed by atoms with Crippen molar-refractivity contribution in [2.75, 3.05) is 0 Å². The zero-order valence-electron chi connectivity index (χ0n) is 9.67. The van der Waals surface area contributed by atoms with Crippen molar-refractivity contribution in [1.29, 1.82) is 0 Å². The quantitative estimate of drug-likeness (QED) is 0.762. The maximum absolute atomic E-state index is 11.9. The number of rotatable bonds is 3. The van der Waals surface area contributed by atoms with Crippen molar-refractivity contribution in [3.05, 3.63) is 29.8 Å². The molecule has 0 spiro atoms. The summed E-state index contributed by atoms with van der Waals surface area (Å²) in [4.78, 5) is 0.388. The van der Waals surface area contributed by atoms with Crippen LogP contribution in [0.2, 0.25) is 0 Å². The molecule has 1 saturated heterocycles. The molecule has 0 aliphatic carbocycles. The highest BCUT2D eigenvalue weighted by molar-refractivity contribution is 7.92. The Labute approximate surface area is 96.4 Å². The normalized spacial score (nSPS) is 24.8. The van der Waals surface area contributed by atoms with E-state index in [1.165, 1.54) is 0 Å². The van der Waals surface area contributed by atoms with Crippen LogP contribution >= 0.6 is 0 Å². The van der Waals surface area contributed by atoms with Crippen molar-refractivity contribution in [2.45, 2.75) is 43.1 Å². The third kappa shape index (κ3) is 1.99. The van der Waals surface area contributed by atoms with Crippen molar-refractivity contribution >= 4 is 9.84 Å².